The summed E-state index contributed by atoms with van der Waals surface area (Å²) in [4.78, 5) is 11.5. The Morgan fingerprint density at radius 2 is 2.05 bits per heavy atom. The van der Waals surface area contributed by atoms with Gasteiger partial charge in [-0.2, -0.15) is 0 Å². The molecule has 2 N–H and O–H groups in total. The summed E-state index contributed by atoms with van der Waals surface area (Å²) in [5.41, 5.74) is 1.76. The fourth-order valence-corrected chi connectivity index (χ4v) is 1.41. The molecule has 0 spiro atoms. The second-order valence-electron chi connectivity index (χ2n) is 4.03. The molecule has 0 aliphatic rings. The lowest BCUT2D eigenvalue weighted by molar-refractivity contribution is -0.117. The highest BCUT2D eigenvalue weighted by Gasteiger charge is 2.06. The quantitative estimate of drug-likeness (QED) is 0.350. The zero-order valence-corrected chi connectivity index (χ0v) is 11.0. The normalized spacial score (nSPS) is 11.7. The number of nitrogens with zero attached hydrogens (tertiary/aromatic N) is 1. The topological polar surface area (TPSA) is 70.9 Å². The molecule has 7 heteroatoms. The molecule has 0 bridgehead atoms. The minimum absolute atomic E-state index is 0.00555. The first-order valence-corrected chi connectivity index (χ1v) is 5.97. The predicted molar refractivity (Wildman–Crippen MR) is 70.5 cm³/mol. The summed E-state index contributed by atoms with van der Waals surface area (Å²) < 4.78 is 28.2. The first-order chi connectivity index (χ1) is 9.52. The fourth-order valence-electron chi connectivity index (χ4n) is 1.41. The van der Waals surface area contributed by atoms with Crippen molar-refractivity contribution in [3.05, 3.63) is 29.8 Å². The number of anilines is 1. The van der Waals surface area contributed by atoms with Gasteiger partial charge in [0.2, 0.25) is 5.91 Å². The first kappa shape index (κ1) is 16.0. The summed E-state index contributed by atoms with van der Waals surface area (Å²) in [5, 5.41) is 14.3. The molecule has 0 saturated heterocycles. The summed E-state index contributed by atoms with van der Waals surface area (Å²) in [6, 6.07) is 6.69. The number of oxime groups is 1. The molecule has 0 aliphatic heterocycles. The van der Waals surface area contributed by atoms with Crippen LogP contribution < -0.4 is 5.32 Å². The molecule has 110 valence electrons. The SMILES string of the molecule is C/C(=N/O)c1ccc(NC(=O)CCOCC(F)F)cc1. The average Bonchev–Trinajstić information content (AvgIpc) is 2.43. The van der Waals surface area contributed by atoms with Crippen molar-refractivity contribution in [2.24, 2.45) is 5.16 Å². The van der Waals surface area contributed by atoms with Crippen LogP contribution in [0.3, 0.4) is 0 Å². The molecular weight excluding hydrogens is 270 g/mol. The largest absolute Gasteiger partial charge is 0.411 e. The van der Waals surface area contributed by atoms with Crippen molar-refractivity contribution in [2.75, 3.05) is 18.5 Å². The Bertz CT molecular complexity index is 461. The van der Waals surface area contributed by atoms with Crippen LogP contribution in [0.5, 0.6) is 0 Å². The second-order valence-corrected chi connectivity index (χ2v) is 4.03. The maximum Gasteiger partial charge on any atom is 0.261 e. The van der Waals surface area contributed by atoms with E-state index >= 15 is 0 Å². The van der Waals surface area contributed by atoms with Gasteiger partial charge in [-0.1, -0.05) is 17.3 Å². The lowest BCUT2D eigenvalue weighted by atomic mass is 10.1. The first-order valence-electron chi connectivity index (χ1n) is 5.97. The number of ether oxygens (including phenoxy) is 1. The van der Waals surface area contributed by atoms with Crippen molar-refractivity contribution in [1.29, 1.82) is 0 Å². The standard InChI is InChI=1S/C13H16F2N2O3/c1-9(17-19)10-2-4-11(5-3-10)16-13(18)6-7-20-8-12(14)15/h2-5,12,19H,6-8H2,1H3,(H,16,18)/b17-9-. The Morgan fingerprint density at radius 3 is 2.60 bits per heavy atom. The van der Waals surface area contributed by atoms with Crippen molar-refractivity contribution in [3.63, 3.8) is 0 Å². The van der Waals surface area contributed by atoms with E-state index in [9.17, 15) is 13.6 Å². The summed E-state index contributed by atoms with van der Waals surface area (Å²) in [5.74, 6) is -0.320. The smallest absolute Gasteiger partial charge is 0.261 e. The maximum absolute atomic E-state index is 11.8. The van der Waals surface area contributed by atoms with Gasteiger partial charge in [0.15, 0.2) is 0 Å². The molecule has 5 nitrogen and oxygen atoms in total. The highest BCUT2D eigenvalue weighted by Crippen LogP contribution is 2.10. The Morgan fingerprint density at radius 1 is 1.40 bits per heavy atom. The van der Waals surface area contributed by atoms with Gasteiger partial charge in [0.1, 0.15) is 6.61 Å². The zero-order valence-electron chi connectivity index (χ0n) is 11.0. The van der Waals surface area contributed by atoms with Crippen LogP contribution in [-0.2, 0) is 9.53 Å². The van der Waals surface area contributed by atoms with Crippen LogP contribution in [0.1, 0.15) is 18.9 Å². The molecule has 1 aromatic carbocycles. The molecular formula is C13H16F2N2O3. The van der Waals surface area contributed by atoms with E-state index < -0.39 is 13.0 Å². The third-order valence-corrected chi connectivity index (χ3v) is 2.45. The predicted octanol–water partition coefficient (Wildman–Crippen LogP) is 2.50. The van der Waals surface area contributed by atoms with Crippen LogP contribution in [0.15, 0.2) is 29.4 Å². The fraction of sp³-hybridized carbons (Fsp3) is 0.385. The van der Waals surface area contributed by atoms with E-state index in [1.807, 2.05) is 0 Å². The second kappa shape index (κ2) is 8.21. The summed E-state index contributed by atoms with van der Waals surface area (Å²) in [7, 11) is 0. The third-order valence-electron chi connectivity index (χ3n) is 2.45. The minimum atomic E-state index is -2.53. The molecule has 20 heavy (non-hydrogen) atoms. The molecule has 0 fully saturated rings. The van der Waals surface area contributed by atoms with Gasteiger partial charge in [-0.05, 0) is 24.6 Å². The molecule has 0 aromatic heterocycles. The number of hydrogen-bond acceptors (Lipinski definition) is 4. The van der Waals surface area contributed by atoms with Gasteiger partial charge < -0.3 is 15.3 Å². The molecule has 0 aliphatic carbocycles. The van der Waals surface area contributed by atoms with Gasteiger partial charge >= 0.3 is 0 Å². The highest BCUT2D eigenvalue weighted by atomic mass is 19.3. The van der Waals surface area contributed by atoms with E-state index in [0.29, 0.717) is 11.4 Å². The summed E-state index contributed by atoms with van der Waals surface area (Å²) >= 11 is 0. The molecule has 0 heterocycles. The Kier molecular flexibility index (Phi) is 6.58. The molecule has 1 rings (SSSR count). The van der Waals surface area contributed by atoms with Gasteiger partial charge in [0, 0.05) is 5.69 Å². The molecule has 1 amide bonds. The van der Waals surface area contributed by atoms with E-state index in [-0.39, 0.29) is 18.9 Å². The molecule has 1 aromatic rings. The van der Waals surface area contributed by atoms with Crippen molar-refractivity contribution in [2.45, 2.75) is 19.8 Å². The molecule has 0 saturated carbocycles. The van der Waals surface area contributed by atoms with Crippen molar-refractivity contribution < 1.29 is 23.5 Å². The number of amides is 1. The van der Waals surface area contributed by atoms with Gasteiger partial charge in [0.05, 0.1) is 18.7 Å². The number of hydrogen-bond donors (Lipinski definition) is 2. The Labute approximate surface area is 115 Å². The minimum Gasteiger partial charge on any atom is -0.411 e. The maximum atomic E-state index is 11.8. The van der Waals surface area contributed by atoms with Crippen LogP contribution in [0, 0.1) is 0 Å². The monoisotopic (exact) mass is 286 g/mol. The number of carbonyl (C=O) groups is 1. The van der Waals surface area contributed by atoms with Crippen LogP contribution in [0.4, 0.5) is 14.5 Å². The molecule has 0 unspecified atom stereocenters. The summed E-state index contributed by atoms with van der Waals surface area (Å²) in [6.07, 6.45) is -2.52. The summed E-state index contributed by atoms with van der Waals surface area (Å²) in [6.45, 7) is 0.931. The number of halogens is 2. The van der Waals surface area contributed by atoms with Gasteiger partial charge in [-0.25, -0.2) is 8.78 Å². The van der Waals surface area contributed by atoms with E-state index in [4.69, 9.17) is 5.21 Å². The van der Waals surface area contributed by atoms with Crippen LogP contribution in [0.2, 0.25) is 0 Å². The molecule has 0 radical (unpaired) electrons. The number of nitrogens with one attached hydrogen (secondary N) is 1. The van der Waals surface area contributed by atoms with Gasteiger partial charge in [-0.3, -0.25) is 4.79 Å². The Balaban J connectivity index is 2.39. The van der Waals surface area contributed by atoms with Crippen molar-refractivity contribution in [1.82, 2.24) is 0 Å². The lowest BCUT2D eigenvalue weighted by Crippen LogP contribution is -2.15. The number of rotatable bonds is 7. The lowest BCUT2D eigenvalue weighted by Gasteiger charge is -2.07. The van der Waals surface area contributed by atoms with E-state index in [2.05, 4.69) is 15.2 Å². The number of benzene rings is 1. The van der Waals surface area contributed by atoms with Crippen molar-refractivity contribution in [3.8, 4) is 0 Å². The van der Waals surface area contributed by atoms with Gasteiger partial charge in [0.25, 0.3) is 6.43 Å². The van der Waals surface area contributed by atoms with Crippen LogP contribution >= 0.6 is 0 Å². The van der Waals surface area contributed by atoms with Crippen LogP contribution in [0.25, 0.3) is 0 Å². The molecule has 0 atom stereocenters. The van der Waals surface area contributed by atoms with E-state index in [0.717, 1.165) is 5.56 Å². The van der Waals surface area contributed by atoms with Gasteiger partial charge in [-0.15, -0.1) is 0 Å². The average molecular weight is 286 g/mol. The van der Waals surface area contributed by atoms with Crippen molar-refractivity contribution >= 4 is 17.3 Å². The highest BCUT2D eigenvalue weighted by molar-refractivity contribution is 5.99. The number of alkyl halides is 2. The number of carbonyl (C=O) groups excluding carboxylic acids is 1. The zero-order chi connectivity index (χ0) is 15.0. The van der Waals surface area contributed by atoms with Crippen LogP contribution in [-0.4, -0.2) is 36.5 Å². The Hall–Kier alpha value is -2.02. The van der Waals surface area contributed by atoms with E-state index in [1.54, 1.807) is 31.2 Å². The van der Waals surface area contributed by atoms with E-state index in [1.165, 1.54) is 0 Å². The third kappa shape index (κ3) is 5.75.